The molecule has 2 rings (SSSR count). The van der Waals surface area contributed by atoms with Gasteiger partial charge in [-0.2, -0.15) is 0 Å². The number of aliphatic hydroxyl groups excluding tert-OH is 1. The largest absolute Gasteiger partial charge is 0.391 e. The molecule has 1 saturated carbocycles. The first-order valence-corrected chi connectivity index (χ1v) is 8.00. The molecular weight excluding hydrogens is 258 g/mol. The Morgan fingerprint density at radius 1 is 1.59 bits per heavy atom. The molecule has 6 heteroatoms. The second-order valence-electron chi connectivity index (χ2n) is 4.42. The van der Waals surface area contributed by atoms with Crippen LogP contribution in [-0.4, -0.2) is 19.6 Å². The van der Waals surface area contributed by atoms with Crippen LogP contribution in [-0.2, 0) is 16.6 Å². The molecule has 0 aliphatic heterocycles. The fourth-order valence-electron chi connectivity index (χ4n) is 1.97. The minimum atomic E-state index is -3.41. The number of nitrogens with one attached hydrogen (secondary N) is 1. The molecule has 1 fully saturated rings. The van der Waals surface area contributed by atoms with Gasteiger partial charge in [-0.3, -0.25) is 0 Å². The van der Waals surface area contributed by atoms with Crippen molar-refractivity contribution in [2.75, 3.05) is 0 Å². The molecule has 1 aromatic rings. The molecule has 0 spiro atoms. The van der Waals surface area contributed by atoms with Crippen molar-refractivity contribution in [3.05, 3.63) is 15.8 Å². The van der Waals surface area contributed by atoms with Crippen molar-refractivity contribution in [2.45, 2.75) is 44.2 Å². The van der Waals surface area contributed by atoms with Gasteiger partial charge < -0.3 is 5.11 Å². The van der Waals surface area contributed by atoms with E-state index in [0.717, 1.165) is 17.7 Å². The van der Waals surface area contributed by atoms with E-state index in [2.05, 4.69) is 11.6 Å². The molecule has 96 valence electrons. The Hall–Kier alpha value is -0.430. The zero-order chi connectivity index (χ0) is 12.6. The summed E-state index contributed by atoms with van der Waals surface area (Å²) >= 11 is 1.33. The molecule has 0 aromatic carbocycles. The Kier molecular flexibility index (Phi) is 3.58. The summed E-state index contributed by atoms with van der Waals surface area (Å²) in [6, 6.07) is 1.66. The van der Waals surface area contributed by atoms with Gasteiger partial charge in [-0.25, -0.2) is 13.1 Å². The lowest BCUT2D eigenvalue weighted by atomic mass is 10.3. The molecule has 0 bridgehead atoms. The Morgan fingerprint density at radius 3 is 2.76 bits per heavy atom. The first-order valence-electron chi connectivity index (χ1n) is 5.70. The number of aryl methyl sites for hydroxylation is 1. The maximum atomic E-state index is 12.1. The van der Waals surface area contributed by atoms with Crippen LogP contribution < -0.4 is 4.72 Å². The summed E-state index contributed by atoms with van der Waals surface area (Å²) < 4.78 is 26.9. The van der Waals surface area contributed by atoms with Crippen molar-refractivity contribution < 1.29 is 13.5 Å². The van der Waals surface area contributed by atoms with Crippen LogP contribution >= 0.6 is 11.3 Å². The third-order valence-corrected chi connectivity index (χ3v) is 5.90. The average molecular weight is 275 g/mol. The number of aliphatic hydroxyl groups is 1. The monoisotopic (exact) mass is 275 g/mol. The summed E-state index contributed by atoms with van der Waals surface area (Å²) in [4.78, 5) is 1.73. The molecular formula is C11H17NO3S2. The molecule has 2 N–H and O–H groups in total. The summed E-state index contributed by atoms with van der Waals surface area (Å²) in [6.07, 6.45) is 1.95. The normalized spacial score (nSPS) is 23.9. The van der Waals surface area contributed by atoms with Crippen LogP contribution in [0, 0.1) is 12.8 Å². The van der Waals surface area contributed by atoms with Gasteiger partial charge in [0.2, 0.25) is 10.0 Å². The zero-order valence-corrected chi connectivity index (χ0v) is 11.6. The van der Waals surface area contributed by atoms with Gasteiger partial charge in [0.1, 0.15) is 0 Å². The molecule has 1 aliphatic rings. The van der Waals surface area contributed by atoms with Gasteiger partial charge in [0.25, 0.3) is 0 Å². The SMILES string of the molecule is CCC1CC1NS(=O)(=O)c1cc(CO)sc1C. The first-order chi connectivity index (χ1) is 7.97. The molecule has 1 aromatic heterocycles. The van der Waals surface area contributed by atoms with Crippen molar-refractivity contribution in [1.29, 1.82) is 0 Å². The molecule has 2 atom stereocenters. The molecule has 4 nitrogen and oxygen atoms in total. The lowest BCUT2D eigenvalue weighted by molar-refractivity contribution is 0.285. The second-order valence-corrected chi connectivity index (χ2v) is 7.45. The van der Waals surface area contributed by atoms with E-state index in [1.54, 1.807) is 13.0 Å². The lowest BCUT2D eigenvalue weighted by Crippen LogP contribution is -2.27. The third-order valence-electron chi connectivity index (χ3n) is 3.12. The third kappa shape index (κ3) is 2.70. The quantitative estimate of drug-likeness (QED) is 0.858. The Balaban J connectivity index is 2.17. The number of rotatable bonds is 5. The van der Waals surface area contributed by atoms with Gasteiger partial charge in [-0.1, -0.05) is 13.3 Å². The molecule has 1 heterocycles. The predicted molar refractivity (Wildman–Crippen MR) is 67.5 cm³/mol. The molecule has 0 radical (unpaired) electrons. The van der Waals surface area contributed by atoms with E-state index < -0.39 is 10.0 Å². The van der Waals surface area contributed by atoms with E-state index in [-0.39, 0.29) is 12.6 Å². The lowest BCUT2D eigenvalue weighted by Gasteiger charge is -2.05. The number of hydrogen-bond donors (Lipinski definition) is 2. The minimum absolute atomic E-state index is 0.0990. The number of hydrogen-bond acceptors (Lipinski definition) is 4. The Bertz CT molecular complexity index is 507. The summed E-state index contributed by atoms with van der Waals surface area (Å²) in [5, 5.41) is 9.01. The fraction of sp³-hybridized carbons (Fsp3) is 0.636. The highest BCUT2D eigenvalue weighted by Gasteiger charge is 2.39. The van der Waals surface area contributed by atoms with E-state index in [1.807, 2.05) is 0 Å². The van der Waals surface area contributed by atoms with Crippen LogP contribution in [0.1, 0.15) is 29.5 Å². The molecule has 2 unspecified atom stereocenters. The number of thiophene rings is 1. The fourth-order valence-corrected chi connectivity index (χ4v) is 4.79. The van der Waals surface area contributed by atoms with Crippen LogP contribution in [0.5, 0.6) is 0 Å². The van der Waals surface area contributed by atoms with Gasteiger partial charge in [-0.05, 0) is 25.3 Å². The Morgan fingerprint density at radius 2 is 2.29 bits per heavy atom. The van der Waals surface area contributed by atoms with Crippen LogP contribution in [0.4, 0.5) is 0 Å². The van der Waals surface area contributed by atoms with Crippen LogP contribution in [0.2, 0.25) is 0 Å². The van der Waals surface area contributed by atoms with Crippen molar-refractivity contribution in [3.8, 4) is 0 Å². The Labute approximate surface area is 106 Å². The highest BCUT2D eigenvalue weighted by molar-refractivity contribution is 7.89. The van der Waals surface area contributed by atoms with E-state index in [9.17, 15) is 8.42 Å². The predicted octanol–water partition coefficient (Wildman–Crippen LogP) is 1.63. The van der Waals surface area contributed by atoms with Gasteiger partial charge >= 0.3 is 0 Å². The summed E-state index contributed by atoms with van der Waals surface area (Å²) in [5.41, 5.74) is 0. The van der Waals surface area contributed by atoms with Crippen molar-refractivity contribution in [1.82, 2.24) is 4.72 Å². The van der Waals surface area contributed by atoms with E-state index in [4.69, 9.17) is 5.11 Å². The van der Waals surface area contributed by atoms with Crippen LogP contribution in [0.25, 0.3) is 0 Å². The first kappa shape index (κ1) is 13.0. The van der Waals surface area contributed by atoms with E-state index in [0.29, 0.717) is 15.7 Å². The van der Waals surface area contributed by atoms with Gasteiger partial charge in [0, 0.05) is 15.8 Å². The van der Waals surface area contributed by atoms with E-state index in [1.165, 1.54) is 11.3 Å². The smallest absolute Gasteiger partial charge is 0.241 e. The van der Waals surface area contributed by atoms with Crippen molar-refractivity contribution in [2.24, 2.45) is 5.92 Å². The summed E-state index contributed by atoms with van der Waals surface area (Å²) in [6.45, 7) is 3.73. The molecule has 17 heavy (non-hydrogen) atoms. The van der Waals surface area contributed by atoms with Gasteiger partial charge in [-0.15, -0.1) is 11.3 Å². The zero-order valence-electron chi connectivity index (χ0n) is 9.93. The van der Waals surface area contributed by atoms with Gasteiger partial charge in [0.15, 0.2) is 0 Å². The molecule has 1 aliphatic carbocycles. The van der Waals surface area contributed by atoms with Crippen molar-refractivity contribution >= 4 is 21.4 Å². The standard InChI is InChI=1S/C11H17NO3S2/c1-3-8-4-10(8)12-17(14,15)11-5-9(6-13)16-7(11)2/h5,8,10,12-13H,3-4,6H2,1-2H3. The highest BCUT2D eigenvalue weighted by Crippen LogP contribution is 2.35. The van der Waals surface area contributed by atoms with Crippen LogP contribution in [0.15, 0.2) is 11.0 Å². The van der Waals surface area contributed by atoms with Crippen molar-refractivity contribution in [3.63, 3.8) is 0 Å². The maximum Gasteiger partial charge on any atom is 0.241 e. The molecule has 0 amide bonds. The molecule has 0 saturated heterocycles. The second kappa shape index (κ2) is 4.68. The summed E-state index contributed by atoms with van der Waals surface area (Å²) in [5.74, 6) is 0.487. The van der Waals surface area contributed by atoms with Crippen LogP contribution in [0.3, 0.4) is 0 Å². The highest BCUT2D eigenvalue weighted by atomic mass is 32.2. The average Bonchev–Trinajstić information content (AvgIpc) is 2.88. The minimum Gasteiger partial charge on any atom is -0.391 e. The van der Waals surface area contributed by atoms with Gasteiger partial charge in [0.05, 0.1) is 11.5 Å². The summed E-state index contributed by atoms with van der Waals surface area (Å²) in [7, 11) is -3.41. The number of sulfonamides is 1. The maximum absolute atomic E-state index is 12.1. The topological polar surface area (TPSA) is 66.4 Å². The van der Waals surface area contributed by atoms with E-state index >= 15 is 0 Å².